The molecule has 26 heavy (non-hydrogen) atoms. The van der Waals surface area contributed by atoms with Crippen molar-refractivity contribution < 1.29 is 9.53 Å². The van der Waals surface area contributed by atoms with Crippen molar-refractivity contribution in [1.82, 2.24) is 0 Å². The molecule has 0 radical (unpaired) electrons. The van der Waals surface area contributed by atoms with Gasteiger partial charge in [0.05, 0.1) is 24.0 Å². The second-order valence-electron chi connectivity index (χ2n) is 8.24. The molecule has 0 atom stereocenters. The molecule has 0 unspecified atom stereocenters. The molecule has 1 aliphatic carbocycles. The fourth-order valence-corrected chi connectivity index (χ4v) is 3.54. The van der Waals surface area contributed by atoms with Gasteiger partial charge in [-0.3, -0.25) is 0 Å². The average molecular weight is 350 g/mol. The van der Waals surface area contributed by atoms with Gasteiger partial charge in [-0.25, -0.2) is 4.79 Å². The van der Waals surface area contributed by atoms with Crippen LogP contribution in [-0.4, -0.2) is 13.1 Å². The number of esters is 1. The lowest BCUT2D eigenvalue weighted by Gasteiger charge is -2.41. The molecule has 2 aromatic rings. The van der Waals surface area contributed by atoms with E-state index in [1.165, 1.54) is 31.1 Å². The summed E-state index contributed by atoms with van der Waals surface area (Å²) in [5, 5.41) is 8.71. The van der Waals surface area contributed by atoms with E-state index in [1.54, 1.807) is 24.3 Å². The Morgan fingerprint density at radius 2 is 1.38 bits per heavy atom. The Morgan fingerprint density at radius 1 is 0.846 bits per heavy atom. The van der Waals surface area contributed by atoms with Gasteiger partial charge in [-0.2, -0.15) is 10.2 Å². The molecule has 1 aliphatic rings. The highest BCUT2D eigenvalue weighted by Gasteiger charge is 2.36. The van der Waals surface area contributed by atoms with Gasteiger partial charge >= 0.3 is 5.97 Å². The van der Waals surface area contributed by atoms with Crippen molar-refractivity contribution in [3.63, 3.8) is 0 Å². The van der Waals surface area contributed by atoms with E-state index in [4.69, 9.17) is 4.74 Å². The summed E-state index contributed by atoms with van der Waals surface area (Å²) in [5.41, 5.74) is 5.19. The van der Waals surface area contributed by atoms with Crippen LogP contribution in [0.3, 0.4) is 0 Å². The summed E-state index contributed by atoms with van der Waals surface area (Å²) in [6, 6.07) is 13.3. The van der Waals surface area contributed by atoms with E-state index >= 15 is 0 Å². The monoisotopic (exact) mass is 350 g/mol. The predicted molar refractivity (Wildman–Crippen MR) is 104 cm³/mol. The van der Waals surface area contributed by atoms with Crippen LogP contribution in [0.4, 0.5) is 11.4 Å². The minimum atomic E-state index is -0.354. The highest BCUT2D eigenvalue weighted by molar-refractivity contribution is 5.89. The zero-order valence-electron chi connectivity index (χ0n) is 16.2. The number of ether oxygens (including phenoxy) is 1. The molecule has 0 fully saturated rings. The number of azo groups is 1. The first kappa shape index (κ1) is 18.3. The lowest BCUT2D eigenvalue weighted by atomic mass is 9.63. The molecule has 0 N–H and O–H groups in total. The number of hydrogen-bond acceptors (Lipinski definition) is 4. The molecular weight excluding hydrogens is 324 g/mol. The van der Waals surface area contributed by atoms with Gasteiger partial charge in [-0.05, 0) is 71.2 Å². The normalized spacial score (nSPS) is 17.7. The van der Waals surface area contributed by atoms with Gasteiger partial charge in [-0.15, -0.1) is 0 Å². The predicted octanol–water partition coefficient (Wildman–Crippen LogP) is 6.24. The third-order valence-corrected chi connectivity index (χ3v) is 5.41. The van der Waals surface area contributed by atoms with Crippen molar-refractivity contribution in [3.8, 4) is 0 Å². The van der Waals surface area contributed by atoms with Crippen LogP contribution < -0.4 is 0 Å². The van der Waals surface area contributed by atoms with Crippen molar-refractivity contribution in [1.29, 1.82) is 0 Å². The van der Waals surface area contributed by atoms with Crippen molar-refractivity contribution in [3.05, 3.63) is 59.2 Å². The van der Waals surface area contributed by atoms with E-state index in [-0.39, 0.29) is 16.8 Å². The Bertz CT molecular complexity index is 849. The maximum atomic E-state index is 11.5. The molecule has 0 saturated carbocycles. The highest BCUT2D eigenvalue weighted by Crippen LogP contribution is 2.46. The largest absolute Gasteiger partial charge is 0.465 e. The third-order valence-electron chi connectivity index (χ3n) is 5.41. The van der Waals surface area contributed by atoms with Crippen LogP contribution in [0, 0.1) is 0 Å². The summed E-state index contributed by atoms with van der Waals surface area (Å²) in [5.74, 6) is -0.354. The lowest BCUT2D eigenvalue weighted by Crippen LogP contribution is -2.33. The van der Waals surface area contributed by atoms with E-state index in [2.05, 4.69) is 50.1 Å². The topological polar surface area (TPSA) is 51.0 Å². The van der Waals surface area contributed by atoms with Crippen molar-refractivity contribution >= 4 is 17.3 Å². The number of carbonyl (C=O) groups excluding carboxylic acids is 1. The quantitative estimate of drug-likeness (QED) is 0.486. The molecule has 3 rings (SSSR count). The highest BCUT2D eigenvalue weighted by atomic mass is 16.5. The molecule has 136 valence electrons. The van der Waals surface area contributed by atoms with Gasteiger partial charge in [0.2, 0.25) is 0 Å². The van der Waals surface area contributed by atoms with Gasteiger partial charge < -0.3 is 4.74 Å². The maximum absolute atomic E-state index is 11.5. The first-order valence-electron chi connectivity index (χ1n) is 8.98. The molecule has 0 amide bonds. The van der Waals surface area contributed by atoms with Crippen LogP contribution in [0.1, 0.15) is 62.0 Å². The fourth-order valence-electron chi connectivity index (χ4n) is 3.54. The minimum absolute atomic E-state index is 0.151. The first-order chi connectivity index (χ1) is 12.2. The van der Waals surface area contributed by atoms with E-state index in [1.807, 2.05) is 6.07 Å². The van der Waals surface area contributed by atoms with Crippen molar-refractivity contribution in [2.24, 2.45) is 10.2 Å². The molecular formula is C22H26N2O2. The van der Waals surface area contributed by atoms with E-state index in [0.29, 0.717) is 11.3 Å². The van der Waals surface area contributed by atoms with Gasteiger partial charge in [0.15, 0.2) is 0 Å². The van der Waals surface area contributed by atoms with Crippen LogP contribution in [0.2, 0.25) is 0 Å². The molecule has 4 heteroatoms. The zero-order chi connectivity index (χ0) is 18.9. The number of rotatable bonds is 3. The molecule has 0 saturated heterocycles. The number of benzene rings is 2. The fraction of sp³-hybridized carbons (Fsp3) is 0.409. The smallest absolute Gasteiger partial charge is 0.337 e. The summed E-state index contributed by atoms with van der Waals surface area (Å²) in [4.78, 5) is 11.5. The van der Waals surface area contributed by atoms with Crippen molar-refractivity contribution in [2.75, 3.05) is 7.11 Å². The second kappa shape index (κ2) is 6.67. The van der Waals surface area contributed by atoms with E-state index < -0.39 is 0 Å². The van der Waals surface area contributed by atoms with Crippen LogP contribution in [-0.2, 0) is 15.6 Å². The molecule has 0 aromatic heterocycles. The van der Waals surface area contributed by atoms with Crippen LogP contribution in [0.15, 0.2) is 52.7 Å². The van der Waals surface area contributed by atoms with Crippen molar-refractivity contribution in [2.45, 2.75) is 51.4 Å². The Morgan fingerprint density at radius 3 is 2.00 bits per heavy atom. The second-order valence-corrected chi connectivity index (χ2v) is 8.24. The maximum Gasteiger partial charge on any atom is 0.337 e. The zero-order valence-corrected chi connectivity index (χ0v) is 16.2. The SMILES string of the molecule is COC(=O)c1ccc(/N=N/c2ccc3c(c2)C(C)(C)CCC3(C)C)cc1. The lowest BCUT2D eigenvalue weighted by molar-refractivity contribution is 0.0601. The summed E-state index contributed by atoms with van der Waals surface area (Å²) in [6.45, 7) is 9.22. The summed E-state index contributed by atoms with van der Waals surface area (Å²) >= 11 is 0. The Kier molecular flexibility index (Phi) is 4.70. The Balaban J connectivity index is 1.87. The Labute approximate surface area is 155 Å². The molecule has 4 nitrogen and oxygen atoms in total. The third kappa shape index (κ3) is 3.55. The summed E-state index contributed by atoms with van der Waals surface area (Å²) in [6.07, 6.45) is 2.36. The molecule has 2 aromatic carbocycles. The van der Waals surface area contributed by atoms with Gasteiger partial charge in [0, 0.05) is 0 Å². The molecule has 0 bridgehead atoms. The summed E-state index contributed by atoms with van der Waals surface area (Å²) < 4.78 is 4.70. The number of fused-ring (bicyclic) bond motifs is 1. The minimum Gasteiger partial charge on any atom is -0.465 e. The first-order valence-corrected chi connectivity index (χ1v) is 8.98. The van der Waals surface area contributed by atoms with Crippen LogP contribution in [0.5, 0.6) is 0 Å². The number of carbonyl (C=O) groups is 1. The van der Waals surface area contributed by atoms with Crippen LogP contribution in [0.25, 0.3) is 0 Å². The van der Waals surface area contributed by atoms with Gasteiger partial charge in [0.25, 0.3) is 0 Å². The van der Waals surface area contributed by atoms with Gasteiger partial charge in [0.1, 0.15) is 0 Å². The summed E-state index contributed by atoms with van der Waals surface area (Å²) in [7, 11) is 1.37. The standard InChI is InChI=1S/C22H26N2O2/c1-21(2)12-13-22(3,4)19-14-17(10-11-18(19)21)24-23-16-8-6-15(7-9-16)20(25)26-5/h6-11,14H,12-13H2,1-5H3/b24-23+. The van der Waals surface area contributed by atoms with E-state index in [9.17, 15) is 4.79 Å². The van der Waals surface area contributed by atoms with Gasteiger partial charge in [-0.1, -0.05) is 33.8 Å². The average Bonchev–Trinajstić information content (AvgIpc) is 2.63. The number of methoxy groups -OCH3 is 1. The van der Waals surface area contributed by atoms with Crippen LogP contribution >= 0.6 is 0 Å². The van der Waals surface area contributed by atoms with E-state index in [0.717, 1.165) is 5.69 Å². The Hall–Kier alpha value is -2.49. The molecule has 0 heterocycles. The molecule has 0 aliphatic heterocycles. The number of nitrogens with zero attached hydrogens (tertiary/aromatic N) is 2. The number of hydrogen-bond donors (Lipinski definition) is 0. The molecule has 0 spiro atoms.